The van der Waals surface area contributed by atoms with Gasteiger partial charge in [0, 0.05) is 5.56 Å². The molecule has 0 saturated heterocycles. The Morgan fingerprint density at radius 1 is 1.19 bits per heavy atom. The van der Waals surface area contributed by atoms with E-state index in [9.17, 15) is 0 Å². The Balaban J connectivity index is 2.27. The molecule has 6 heteroatoms. The Hall–Kier alpha value is -2.63. The largest absolute Gasteiger partial charge is 0.437 e. The number of nitrogens with zero attached hydrogens (tertiary/aromatic N) is 3. The van der Waals surface area contributed by atoms with E-state index < -0.39 is 0 Å². The Bertz CT molecular complexity index is 645. The first kappa shape index (κ1) is 14.8. The summed E-state index contributed by atoms with van der Waals surface area (Å²) in [4.78, 5) is 8.14. The fraction of sp³-hybridized carbons (Fsp3) is 0.267. The number of rotatable bonds is 3. The monoisotopic (exact) mass is 286 g/mol. The van der Waals surface area contributed by atoms with Crippen molar-refractivity contribution < 1.29 is 9.94 Å². The number of amidine groups is 1. The Morgan fingerprint density at radius 3 is 2.48 bits per heavy atom. The molecule has 0 spiro atoms. The minimum absolute atomic E-state index is 0.0437. The van der Waals surface area contributed by atoms with Crippen molar-refractivity contribution in [3.63, 3.8) is 0 Å². The van der Waals surface area contributed by atoms with Crippen LogP contribution in [0.25, 0.3) is 0 Å². The van der Waals surface area contributed by atoms with E-state index in [1.165, 1.54) is 12.4 Å². The first-order valence-electron chi connectivity index (χ1n) is 6.49. The van der Waals surface area contributed by atoms with Crippen LogP contribution in [0.2, 0.25) is 0 Å². The van der Waals surface area contributed by atoms with Crippen LogP contribution in [-0.2, 0) is 5.41 Å². The van der Waals surface area contributed by atoms with E-state index in [4.69, 9.17) is 15.7 Å². The van der Waals surface area contributed by atoms with Crippen molar-refractivity contribution in [1.29, 1.82) is 0 Å². The fourth-order valence-electron chi connectivity index (χ4n) is 1.84. The lowest BCUT2D eigenvalue weighted by Gasteiger charge is -2.22. The number of benzene rings is 1. The number of aromatic nitrogens is 2. The Kier molecular flexibility index (Phi) is 4.07. The summed E-state index contributed by atoms with van der Waals surface area (Å²) in [7, 11) is 0. The van der Waals surface area contributed by atoms with Gasteiger partial charge in [0.2, 0.25) is 5.88 Å². The predicted octanol–water partition coefficient (Wildman–Crippen LogP) is 2.66. The van der Waals surface area contributed by atoms with E-state index in [2.05, 4.69) is 35.9 Å². The zero-order valence-electron chi connectivity index (χ0n) is 12.2. The summed E-state index contributed by atoms with van der Waals surface area (Å²) in [6.45, 7) is 6.34. The molecule has 21 heavy (non-hydrogen) atoms. The summed E-state index contributed by atoms with van der Waals surface area (Å²) in [6, 6.07) is 7.79. The van der Waals surface area contributed by atoms with Gasteiger partial charge in [-0.05, 0) is 11.5 Å². The molecule has 0 fully saturated rings. The van der Waals surface area contributed by atoms with Gasteiger partial charge in [-0.1, -0.05) is 44.1 Å². The molecule has 2 aromatic rings. The highest BCUT2D eigenvalue weighted by molar-refractivity contribution is 5.94. The van der Waals surface area contributed by atoms with Gasteiger partial charge in [0.1, 0.15) is 11.4 Å². The van der Waals surface area contributed by atoms with Gasteiger partial charge >= 0.3 is 0 Å². The average Bonchev–Trinajstić information content (AvgIpc) is 2.47. The third-order valence-corrected chi connectivity index (χ3v) is 2.91. The molecule has 6 nitrogen and oxygen atoms in total. The number of hydrogen-bond acceptors (Lipinski definition) is 5. The minimum Gasteiger partial charge on any atom is -0.437 e. The van der Waals surface area contributed by atoms with E-state index >= 15 is 0 Å². The van der Waals surface area contributed by atoms with Crippen molar-refractivity contribution >= 4 is 5.84 Å². The molecule has 1 aromatic carbocycles. The Labute approximate surface area is 123 Å². The number of nitrogens with two attached hydrogens (primary N) is 1. The first-order chi connectivity index (χ1) is 9.91. The van der Waals surface area contributed by atoms with Crippen LogP contribution >= 0.6 is 0 Å². The molecule has 0 aliphatic rings. The second kappa shape index (κ2) is 5.78. The highest BCUT2D eigenvalue weighted by Crippen LogP contribution is 2.33. The second-order valence-corrected chi connectivity index (χ2v) is 5.57. The highest BCUT2D eigenvalue weighted by Gasteiger charge is 2.19. The van der Waals surface area contributed by atoms with Crippen LogP contribution in [0.1, 0.15) is 32.0 Å². The van der Waals surface area contributed by atoms with Gasteiger partial charge in [-0.15, -0.1) is 0 Å². The molecule has 0 amide bonds. The van der Waals surface area contributed by atoms with Gasteiger partial charge < -0.3 is 15.7 Å². The maximum atomic E-state index is 8.58. The zero-order valence-corrected chi connectivity index (χ0v) is 12.2. The third kappa shape index (κ3) is 3.47. The summed E-state index contributed by atoms with van der Waals surface area (Å²) in [6.07, 6.45) is 2.83. The van der Waals surface area contributed by atoms with Crippen LogP contribution in [0.3, 0.4) is 0 Å². The molecule has 0 aliphatic heterocycles. The Morgan fingerprint density at radius 2 is 1.90 bits per heavy atom. The maximum Gasteiger partial charge on any atom is 0.237 e. The van der Waals surface area contributed by atoms with Crippen LogP contribution in [0, 0.1) is 0 Å². The summed E-state index contributed by atoms with van der Waals surface area (Å²) in [5.74, 6) is 0.987. The molecular formula is C15H18N4O2. The van der Waals surface area contributed by atoms with Gasteiger partial charge in [-0.2, -0.15) is 0 Å². The van der Waals surface area contributed by atoms with E-state index in [0.717, 1.165) is 11.3 Å². The molecule has 0 bridgehead atoms. The van der Waals surface area contributed by atoms with E-state index in [-0.39, 0.29) is 16.9 Å². The standard InChI is InChI=1S/C15H18N4O2/c1-15(2,3)10-6-4-5-7-12(10)21-13-9-17-11(8-18-13)14(16)19-20/h4-9,20H,1-3H3,(H2,16,19). The van der Waals surface area contributed by atoms with Crippen LogP contribution in [-0.4, -0.2) is 21.0 Å². The maximum absolute atomic E-state index is 8.58. The van der Waals surface area contributed by atoms with Crippen LogP contribution in [0.15, 0.2) is 41.8 Å². The lowest BCUT2D eigenvalue weighted by atomic mass is 9.86. The molecule has 1 aromatic heterocycles. The summed E-state index contributed by atoms with van der Waals surface area (Å²) >= 11 is 0. The number of para-hydroxylation sites is 1. The second-order valence-electron chi connectivity index (χ2n) is 5.57. The van der Waals surface area contributed by atoms with Crippen molar-refractivity contribution in [3.05, 3.63) is 47.9 Å². The van der Waals surface area contributed by atoms with E-state index in [1.807, 2.05) is 24.3 Å². The van der Waals surface area contributed by atoms with Crippen molar-refractivity contribution in [1.82, 2.24) is 9.97 Å². The molecule has 2 rings (SSSR count). The van der Waals surface area contributed by atoms with Crippen molar-refractivity contribution in [2.45, 2.75) is 26.2 Å². The SMILES string of the molecule is CC(C)(C)c1ccccc1Oc1cnc(C(N)=NO)cn1. The summed E-state index contributed by atoms with van der Waals surface area (Å²) in [5, 5.41) is 11.5. The number of hydrogen-bond donors (Lipinski definition) is 2. The summed E-state index contributed by atoms with van der Waals surface area (Å²) in [5.41, 5.74) is 6.75. The molecule has 0 saturated carbocycles. The molecule has 1 heterocycles. The third-order valence-electron chi connectivity index (χ3n) is 2.91. The predicted molar refractivity (Wildman–Crippen MR) is 79.8 cm³/mol. The molecule has 0 unspecified atom stereocenters. The van der Waals surface area contributed by atoms with Gasteiger partial charge in [-0.3, -0.25) is 0 Å². The van der Waals surface area contributed by atoms with Gasteiger partial charge in [0.25, 0.3) is 0 Å². The van der Waals surface area contributed by atoms with Gasteiger partial charge in [-0.25, -0.2) is 9.97 Å². The molecular weight excluding hydrogens is 268 g/mol. The average molecular weight is 286 g/mol. The molecule has 110 valence electrons. The van der Waals surface area contributed by atoms with Crippen molar-refractivity contribution in [2.24, 2.45) is 10.9 Å². The van der Waals surface area contributed by atoms with E-state index in [1.54, 1.807) is 0 Å². The fourth-order valence-corrected chi connectivity index (χ4v) is 1.84. The van der Waals surface area contributed by atoms with Crippen molar-refractivity contribution in [3.8, 4) is 11.6 Å². The summed E-state index contributed by atoms with van der Waals surface area (Å²) < 4.78 is 5.79. The molecule has 3 N–H and O–H groups in total. The molecule has 0 aliphatic carbocycles. The zero-order chi connectivity index (χ0) is 15.5. The van der Waals surface area contributed by atoms with Crippen LogP contribution < -0.4 is 10.5 Å². The van der Waals surface area contributed by atoms with Crippen LogP contribution in [0.5, 0.6) is 11.6 Å². The topological polar surface area (TPSA) is 93.6 Å². The van der Waals surface area contributed by atoms with E-state index in [0.29, 0.717) is 5.88 Å². The highest BCUT2D eigenvalue weighted by atomic mass is 16.5. The number of oxime groups is 1. The van der Waals surface area contributed by atoms with Gasteiger partial charge in [0.05, 0.1) is 12.4 Å². The molecule has 0 radical (unpaired) electrons. The molecule has 0 atom stereocenters. The lowest BCUT2D eigenvalue weighted by molar-refractivity contribution is 0.318. The van der Waals surface area contributed by atoms with Crippen LogP contribution in [0.4, 0.5) is 0 Å². The lowest BCUT2D eigenvalue weighted by Crippen LogP contribution is -2.15. The normalized spacial score (nSPS) is 12.2. The smallest absolute Gasteiger partial charge is 0.237 e. The van der Waals surface area contributed by atoms with Gasteiger partial charge in [0.15, 0.2) is 5.84 Å². The minimum atomic E-state index is -0.0934. The quantitative estimate of drug-likeness (QED) is 0.391. The first-order valence-corrected chi connectivity index (χ1v) is 6.49. The number of ether oxygens (including phenoxy) is 1. The van der Waals surface area contributed by atoms with Crippen molar-refractivity contribution in [2.75, 3.05) is 0 Å².